The fraction of sp³-hybridized carbons (Fsp3) is 0.222. The first-order valence-corrected chi connectivity index (χ1v) is 7.86. The molecule has 8 heteroatoms. The molecule has 0 radical (unpaired) electrons. The van der Waals surface area contributed by atoms with Crippen LogP contribution in [0, 0.1) is 17.0 Å². The van der Waals surface area contributed by atoms with E-state index in [0.29, 0.717) is 5.75 Å². The van der Waals surface area contributed by atoms with Crippen LogP contribution in [0.2, 0.25) is 0 Å². The number of rotatable bonds is 8. The summed E-state index contributed by atoms with van der Waals surface area (Å²) in [6.45, 7) is 1.82. The maximum absolute atomic E-state index is 11.7. The van der Waals surface area contributed by atoms with Gasteiger partial charge < -0.3 is 14.8 Å². The van der Waals surface area contributed by atoms with Gasteiger partial charge in [-0.1, -0.05) is 18.2 Å². The zero-order valence-corrected chi connectivity index (χ0v) is 14.1. The van der Waals surface area contributed by atoms with Gasteiger partial charge in [-0.25, -0.2) is 0 Å². The van der Waals surface area contributed by atoms with Crippen LogP contribution in [-0.2, 0) is 9.59 Å². The van der Waals surface area contributed by atoms with Crippen LogP contribution in [0.3, 0.4) is 0 Å². The second-order valence-corrected chi connectivity index (χ2v) is 5.38. The molecule has 0 spiro atoms. The van der Waals surface area contributed by atoms with Crippen molar-refractivity contribution in [2.45, 2.75) is 13.3 Å². The summed E-state index contributed by atoms with van der Waals surface area (Å²) in [6, 6.07) is 12.5. The number of non-ortho nitro benzene ring substituents is 1. The topological polar surface area (TPSA) is 108 Å². The maximum Gasteiger partial charge on any atom is 0.312 e. The third-order valence-electron chi connectivity index (χ3n) is 3.38. The highest BCUT2D eigenvalue weighted by Crippen LogP contribution is 2.17. The van der Waals surface area contributed by atoms with Crippen molar-refractivity contribution >= 4 is 17.6 Å². The number of ether oxygens (including phenoxy) is 2. The molecule has 136 valence electrons. The average Bonchev–Trinajstić information content (AvgIpc) is 2.61. The third kappa shape index (κ3) is 5.90. The highest BCUT2D eigenvalue weighted by molar-refractivity contribution is 5.78. The Morgan fingerprint density at radius 2 is 1.81 bits per heavy atom. The smallest absolute Gasteiger partial charge is 0.312 e. The molecular weight excluding hydrogens is 340 g/mol. The van der Waals surface area contributed by atoms with Gasteiger partial charge in [-0.3, -0.25) is 19.7 Å². The minimum atomic E-state index is -0.557. The Kier molecular flexibility index (Phi) is 6.67. The summed E-state index contributed by atoms with van der Waals surface area (Å²) in [6.07, 6.45) is -0.0346. The monoisotopic (exact) mass is 358 g/mol. The summed E-state index contributed by atoms with van der Waals surface area (Å²) >= 11 is 0. The van der Waals surface area contributed by atoms with Crippen LogP contribution in [0.25, 0.3) is 0 Å². The summed E-state index contributed by atoms with van der Waals surface area (Å²) in [5, 5.41) is 13.1. The van der Waals surface area contributed by atoms with Gasteiger partial charge >= 0.3 is 5.97 Å². The first-order valence-electron chi connectivity index (χ1n) is 7.86. The lowest BCUT2D eigenvalue weighted by molar-refractivity contribution is -0.384. The van der Waals surface area contributed by atoms with E-state index in [1.54, 1.807) is 6.07 Å². The Hall–Kier alpha value is -3.42. The zero-order valence-electron chi connectivity index (χ0n) is 14.1. The van der Waals surface area contributed by atoms with Gasteiger partial charge in [0.1, 0.15) is 11.5 Å². The number of nitro groups is 1. The fourth-order valence-corrected chi connectivity index (χ4v) is 2.04. The lowest BCUT2D eigenvalue weighted by atomic mass is 10.2. The van der Waals surface area contributed by atoms with Gasteiger partial charge in [0.15, 0.2) is 6.61 Å². The number of hydrogen-bond donors (Lipinski definition) is 1. The van der Waals surface area contributed by atoms with Crippen molar-refractivity contribution in [3.05, 3.63) is 64.2 Å². The van der Waals surface area contributed by atoms with Crippen molar-refractivity contribution in [2.24, 2.45) is 0 Å². The normalized spacial score (nSPS) is 10.0. The highest BCUT2D eigenvalue weighted by Gasteiger charge is 2.09. The number of hydrogen-bond acceptors (Lipinski definition) is 6. The number of nitrogens with zero attached hydrogens (tertiary/aromatic N) is 1. The Morgan fingerprint density at radius 3 is 2.46 bits per heavy atom. The Bertz CT molecular complexity index is 789. The number of carbonyl (C=O) groups is 2. The third-order valence-corrected chi connectivity index (χ3v) is 3.38. The maximum atomic E-state index is 11.7. The number of esters is 1. The van der Waals surface area contributed by atoms with Gasteiger partial charge in [-0.2, -0.15) is 0 Å². The van der Waals surface area contributed by atoms with Gasteiger partial charge in [-0.05, 0) is 30.7 Å². The van der Waals surface area contributed by atoms with E-state index >= 15 is 0 Å². The van der Waals surface area contributed by atoms with Gasteiger partial charge in [0.2, 0.25) is 0 Å². The van der Waals surface area contributed by atoms with Crippen LogP contribution < -0.4 is 14.8 Å². The number of aryl methyl sites for hydroxylation is 1. The SMILES string of the molecule is Cc1ccccc1OCC(=O)NCCC(=O)Oc1ccc([N+](=O)[O-])cc1. The largest absolute Gasteiger partial charge is 0.484 e. The molecular formula is C18H18N2O6. The summed E-state index contributed by atoms with van der Waals surface area (Å²) in [7, 11) is 0. The Balaban J connectivity index is 1.68. The molecule has 0 atom stereocenters. The molecule has 0 saturated heterocycles. The molecule has 0 aliphatic carbocycles. The van der Waals surface area contributed by atoms with E-state index in [1.807, 2.05) is 25.1 Å². The zero-order chi connectivity index (χ0) is 18.9. The molecule has 0 saturated carbocycles. The Labute approximate surface area is 149 Å². The molecule has 0 aliphatic heterocycles. The van der Waals surface area contributed by atoms with Crippen molar-refractivity contribution in [1.29, 1.82) is 0 Å². The van der Waals surface area contributed by atoms with E-state index in [4.69, 9.17) is 9.47 Å². The van der Waals surface area contributed by atoms with Crippen molar-refractivity contribution < 1.29 is 24.0 Å². The molecule has 0 unspecified atom stereocenters. The van der Waals surface area contributed by atoms with Crippen LogP contribution in [0.15, 0.2) is 48.5 Å². The molecule has 0 heterocycles. The van der Waals surface area contributed by atoms with Crippen LogP contribution in [-0.4, -0.2) is 30.0 Å². The summed E-state index contributed by atoms with van der Waals surface area (Å²) in [4.78, 5) is 33.4. The first-order chi connectivity index (χ1) is 12.5. The lowest BCUT2D eigenvalue weighted by Crippen LogP contribution is -2.31. The molecule has 26 heavy (non-hydrogen) atoms. The lowest BCUT2D eigenvalue weighted by Gasteiger charge is -2.09. The molecule has 1 amide bonds. The molecule has 2 aromatic rings. The molecule has 0 fully saturated rings. The van der Waals surface area contributed by atoms with Crippen molar-refractivity contribution in [2.75, 3.05) is 13.2 Å². The van der Waals surface area contributed by atoms with Crippen molar-refractivity contribution in [3.63, 3.8) is 0 Å². The molecule has 2 aromatic carbocycles. The number of carbonyl (C=O) groups excluding carboxylic acids is 2. The molecule has 0 aliphatic rings. The molecule has 2 rings (SSSR count). The van der Waals surface area contributed by atoms with Crippen LogP contribution in [0.4, 0.5) is 5.69 Å². The average molecular weight is 358 g/mol. The minimum Gasteiger partial charge on any atom is -0.484 e. The number of benzene rings is 2. The minimum absolute atomic E-state index is 0.0346. The van der Waals surface area contributed by atoms with E-state index in [0.717, 1.165) is 5.56 Å². The Morgan fingerprint density at radius 1 is 1.12 bits per heavy atom. The van der Waals surface area contributed by atoms with E-state index in [1.165, 1.54) is 24.3 Å². The van der Waals surface area contributed by atoms with E-state index in [2.05, 4.69) is 5.32 Å². The first kappa shape index (κ1) is 18.9. The predicted molar refractivity (Wildman–Crippen MR) is 93.0 cm³/mol. The van der Waals surface area contributed by atoms with Gasteiger partial charge in [0.05, 0.1) is 11.3 Å². The standard InChI is InChI=1S/C18H18N2O6/c1-13-4-2-3-5-16(13)25-12-17(21)19-11-10-18(22)26-15-8-6-14(7-9-15)20(23)24/h2-9H,10-12H2,1H3,(H,19,21). The molecule has 0 aromatic heterocycles. The van der Waals surface area contributed by atoms with Crippen molar-refractivity contribution in [3.8, 4) is 11.5 Å². The molecule has 0 bridgehead atoms. The quantitative estimate of drug-likeness (QED) is 0.336. The highest BCUT2D eigenvalue weighted by atomic mass is 16.6. The number of amides is 1. The second kappa shape index (κ2) is 9.16. The van der Waals surface area contributed by atoms with E-state index in [-0.39, 0.29) is 36.9 Å². The summed E-state index contributed by atoms with van der Waals surface area (Å²) in [5.74, 6) is -0.0783. The summed E-state index contributed by atoms with van der Waals surface area (Å²) < 4.78 is 10.4. The number of para-hydroxylation sites is 1. The van der Waals surface area contributed by atoms with Crippen molar-refractivity contribution in [1.82, 2.24) is 5.32 Å². The molecule has 1 N–H and O–H groups in total. The van der Waals surface area contributed by atoms with Gasteiger partial charge in [0.25, 0.3) is 11.6 Å². The van der Waals surface area contributed by atoms with E-state index in [9.17, 15) is 19.7 Å². The van der Waals surface area contributed by atoms with Gasteiger partial charge in [-0.15, -0.1) is 0 Å². The molecule has 8 nitrogen and oxygen atoms in total. The summed E-state index contributed by atoms with van der Waals surface area (Å²) in [5.41, 5.74) is 0.831. The van der Waals surface area contributed by atoms with Crippen LogP contribution in [0.1, 0.15) is 12.0 Å². The van der Waals surface area contributed by atoms with Crippen LogP contribution >= 0.6 is 0 Å². The number of nitrogens with one attached hydrogen (secondary N) is 1. The van der Waals surface area contributed by atoms with Crippen LogP contribution in [0.5, 0.6) is 11.5 Å². The van der Waals surface area contributed by atoms with Gasteiger partial charge in [0, 0.05) is 18.7 Å². The fourth-order valence-electron chi connectivity index (χ4n) is 2.04. The number of nitro benzene ring substituents is 1. The predicted octanol–water partition coefficient (Wildman–Crippen LogP) is 2.39. The second-order valence-electron chi connectivity index (χ2n) is 5.38. The van der Waals surface area contributed by atoms with E-state index < -0.39 is 10.9 Å².